The van der Waals surface area contributed by atoms with Gasteiger partial charge in [-0.15, -0.1) is 0 Å². The highest BCUT2D eigenvalue weighted by molar-refractivity contribution is 7.98. The summed E-state index contributed by atoms with van der Waals surface area (Å²) in [4.78, 5) is 23.6. The Morgan fingerprint density at radius 3 is 2.42 bits per heavy atom. The minimum atomic E-state index is -0.193. The number of hydrogen-bond acceptors (Lipinski definition) is 3. The third-order valence-electron chi connectivity index (χ3n) is 3.69. The lowest BCUT2D eigenvalue weighted by atomic mass is 10.2. The highest BCUT2D eigenvalue weighted by Crippen LogP contribution is 2.14. The van der Waals surface area contributed by atoms with Crippen molar-refractivity contribution in [3.8, 4) is 0 Å². The number of carbonyl (C=O) groups excluding carboxylic acids is 2. The molecule has 0 fully saturated rings. The minimum absolute atomic E-state index is 0.0366. The third-order valence-corrected chi connectivity index (χ3v) is 4.69. The monoisotopic (exact) mass is 374 g/mol. The maximum Gasteiger partial charge on any atom is 0.251 e. The molecule has 26 heavy (non-hydrogen) atoms. The van der Waals surface area contributed by atoms with Gasteiger partial charge < -0.3 is 10.6 Å². The van der Waals surface area contributed by atoms with Crippen molar-refractivity contribution in [2.75, 3.05) is 18.8 Å². The Morgan fingerprint density at radius 2 is 1.65 bits per heavy atom. The molecule has 0 radical (unpaired) electrons. The molecule has 2 aromatic carbocycles. The molecule has 0 aromatic heterocycles. The fraction of sp³-hybridized carbons (Fsp3) is 0.300. The number of nitrogens with one attached hydrogen (secondary N) is 2. The van der Waals surface area contributed by atoms with Crippen molar-refractivity contribution < 1.29 is 14.0 Å². The van der Waals surface area contributed by atoms with Crippen LogP contribution in [0.3, 0.4) is 0 Å². The van der Waals surface area contributed by atoms with E-state index in [4.69, 9.17) is 0 Å². The zero-order valence-corrected chi connectivity index (χ0v) is 15.4. The first-order chi connectivity index (χ1) is 12.7. The van der Waals surface area contributed by atoms with E-state index in [1.807, 2.05) is 24.3 Å². The van der Waals surface area contributed by atoms with Gasteiger partial charge in [-0.1, -0.05) is 36.4 Å². The SMILES string of the molecule is O=C(CCCNC(=O)c1ccccc1)NCCSCc1ccccc1F. The van der Waals surface area contributed by atoms with Gasteiger partial charge in [0.25, 0.3) is 5.91 Å². The van der Waals surface area contributed by atoms with E-state index < -0.39 is 0 Å². The van der Waals surface area contributed by atoms with Gasteiger partial charge in [-0.05, 0) is 30.2 Å². The van der Waals surface area contributed by atoms with Crippen molar-refractivity contribution in [1.82, 2.24) is 10.6 Å². The van der Waals surface area contributed by atoms with Crippen molar-refractivity contribution in [1.29, 1.82) is 0 Å². The zero-order chi connectivity index (χ0) is 18.6. The number of halogens is 1. The van der Waals surface area contributed by atoms with E-state index in [0.717, 1.165) is 5.75 Å². The van der Waals surface area contributed by atoms with E-state index in [9.17, 15) is 14.0 Å². The fourth-order valence-corrected chi connectivity index (χ4v) is 3.14. The minimum Gasteiger partial charge on any atom is -0.355 e. The molecule has 138 valence electrons. The molecule has 0 spiro atoms. The van der Waals surface area contributed by atoms with Crippen LogP contribution in [-0.4, -0.2) is 30.7 Å². The van der Waals surface area contributed by atoms with Crippen molar-refractivity contribution in [3.05, 3.63) is 71.5 Å². The lowest BCUT2D eigenvalue weighted by Gasteiger charge is -2.07. The molecule has 6 heteroatoms. The smallest absolute Gasteiger partial charge is 0.251 e. The summed E-state index contributed by atoms with van der Waals surface area (Å²) in [6.07, 6.45) is 0.958. The van der Waals surface area contributed by atoms with Gasteiger partial charge in [-0.3, -0.25) is 9.59 Å². The predicted octanol–water partition coefficient (Wildman–Crippen LogP) is 3.39. The van der Waals surface area contributed by atoms with Gasteiger partial charge >= 0.3 is 0 Å². The molecule has 2 aromatic rings. The molecule has 2 N–H and O–H groups in total. The maximum absolute atomic E-state index is 13.5. The van der Waals surface area contributed by atoms with E-state index in [-0.39, 0.29) is 17.6 Å². The second-order valence-corrected chi connectivity index (χ2v) is 6.82. The Kier molecular flexibility index (Phi) is 8.69. The Balaban J connectivity index is 1.50. The lowest BCUT2D eigenvalue weighted by molar-refractivity contribution is -0.121. The van der Waals surface area contributed by atoms with Gasteiger partial charge in [0.1, 0.15) is 5.82 Å². The molecule has 2 amide bonds. The van der Waals surface area contributed by atoms with E-state index in [0.29, 0.717) is 42.8 Å². The van der Waals surface area contributed by atoms with Crippen LogP contribution in [0.2, 0.25) is 0 Å². The highest BCUT2D eigenvalue weighted by Gasteiger charge is 2.05. The molecule has 0 saturated carbocycles. The molecule has 0 aliphatic heterocycles. The summed E-state index contributed by atoms with van der Waals surface area (Å²) in [5.41, 5.74) is 1.29. The first-order valence-electron chi connectivity index (χ1n) is 8.58. The van der Waals surface area contributed by atoms with Crippen LogP contribution in [0.5, 0.6) is 0 Å². The van der Waals surface area contributed by atoms with E-state index in [2.05, 4.69) is 10.6 Å². The van der Waals surface area contributed by atoms with Crippen molar-refractivity contribution >= 4 is 23.6 Å². The summed E-state index contributed by atoms with van der Waals surface area (Å²) >= 11 is 1.58. The molecular weight excluding hydrogens is 351 g/mol. The molecule has 0 saturated heterocycles. The molecule has 0 heterocycles. The Hall–Kier alpha value is -2.34. The van der Waals surface area contributed by atoms with Crippen LogP contribution in [0.4, 0.5) is 4.39 Å². The average molecular weight is 374 g/mol. The quantitative estimate of drug-likeness (QED) is 0.627. The second kappa shape index (κ2) is 11.3. The first kappa shape index (κ1) is 20.0. The summed E-state index contributed by atoms with van der Waals surface area (Å²) in [5.74, 6) is 0.960. The number of rotatable bonds is 10. The van der Waals surface area contributed by atoms with Gasteiger partial charge in [-0.25, -0.2) is 4.39 Å². The molecule has 0 unspecified atom stereocenters. The number of carbonyl (C=O) groups is 2. The summed E-state index contributed by atoms with van der Waals surface area (Å²) in [5, 5.41) is 5.63. The van der Waals surface area contributed by atoms with E-state index in [1.54, 1.807) is 36.0 Å². The van der Waals surface area contributed by atoms with E-state index in [1.165, 1.54) is 6.07 Å². The summed E-state index contributed by atoms with van der Waals surface area (Å²) in [7, 11) is 0. The largest absolute Gasteiger partial charge is 0.355 e. The van der Waals surface area contributed by atoms with Crippen LogP contribution in [-0.2, 0) is 10.5 Å². The molecule has 0 aliphatic rings. The van der Waals surface area contributed by atoms with Crippen LogP contribution in [0.25, 0.3) is 0 Å². The summed E-state index contributed by atoms with van der Waals surface area (Å²) in [6, 6.07) is 15.7. The van der Waals surface area contributed by atoms with Crippen molar-refractivity contribution in [3.63, 3.8) is 0 Å². The predicted molar refractivity (Wildman–Crippen MR) is 104 cm³/mol. The van der Waals surface area contributed by atoms with Gasteiger partial charge in [0.05, 0.1) is 0 Å². The normalized spacial score (nSPS) is 10.3. The Labute approximate surface area is 157 Å². The molecule has 0 bridgehead atoms. The zero-order valence-electron chi connectivity index (χ0n) is 14.5. The number of hydrogen-bond donors (Lipinski definition) is 2. The second-order valence-electron chi connectivity index (χ2n) is 5.72. The van der Waals surface area contributed by atoms with Crippen LogP contribution < -0.4 is 10.6 Å². The van der Waals surface area contributed by atoms with Gasteiger partial charge in [0.2, 0.25) is 5.91 Å². The molecule has 0 aliphatic carbocycles. The van der Waals surface area contributed by atoms with Gasteiger partial charge in [0.15, 0.2) is 0 Å². The highest BCUT2D eigenvalue weighted by atomic mass is 32.2. The number of thioether (sulfide) groups is 1. The molecule has 0 atom stereocenters. The number of benzene rings is 2. The topological polar surface area (TPSA) is 58.2 Å². The summed E-state index contributed by atoms with van der Waals surface area (Å²) in [6.45, 7) is 1.01. The van der Waals surface area contributed by atoms with E-state index >= 15 is 0 Å². The van der Waals surface area contributed by atoms with Crippen molar-refractivity contribution in [2.24, 2.45) is 0 Å². The molecular formula is C20H23FN2O2S. The van der Waals surface area contributed by atoms with Gasteiger partial charge in [-0.2, -0.15) is 11.8 Å². The van der Waals surface area contributed by atoms with Gasteiger partial charge in [0, 0.05) is 36.6 Å². The van der Waals surface area contributed by atoms with Crippen LogP contribution in [0.1, 0.15) is 28.8 Å². The lowest BCUT2D eigenvalue weighted by Crippen LogP contribution is -2.28. The summed E-state index contributed by atoms with van der Waals surface area (Å²) < 4.78 is 13.5. The average Bonchev–Trinajstić information content (AvgIpc) is 2.67. The standard InChI is InChI=1S/C20H23FN2O2S/c21-18-10-5-4-9-17(18)15-26-14-13-22-19(24)11-6-12-23-20(25)16-7-2-1-3-8-16/h1-5,7-10H,6,11-15H2,(H,22,24)(H,23,25). The number of amides is 2. The van der Waals surface area contributed by atoms with Crippen LogP contribution >= 0.6 is 11.8 Å². The Morgan fingerprint density at radius 1 is 0.923 bits per heavy atom. The molecule has 4 nitrogen and oxygen atoms in total. The fourth-order valence-electron chi connectivity index (χ4n) is 2.29. The van der Waals surface area contributed by atoms with Crippen molar-refractivity contribution in [2.45, 2.75) is 18.6 Å². The maximum atomic E-state index is 13.5. The van der Waals surface area contributed by atoms with Crippen LogP contribution in [0, 0.1) is 5.82 Å². The Bertz CT molecular complexity index is 710. The first-order valence-corrected chi connectivity index (χ1v) is 9.73. The van der Waals surface area contributed by atoms with Crippen LogP contribution in [0.15, 0.2) is 54.6 Å². The third kappa shape index (κ3) is 7.27. The molecule has 2 rings (SSSR count).